The number of carbonyl (C=O) groups excluding carboxylic acids is 1. The maximum atomic E-state index is 11.0. The molecule has 0 aliphatic heterocycles. The third-order valence-electron chi connectivity index (χ3n) is 2.49. The topological polar surface area (TPSA) is 74.0 Å². The minimum atomic E-state index is -0.406. The summed E-state index contributed by atoms with van der Waals surface area (Å²) in [4.78, 5) is 11.0. The minimum Gasteiger partial charge on any atom is -0.405 e. The van der Waals surface area contributed by atoms with Crippen LogP contribution in [0, 0.1) is 0 Å². The summed E-state index contributed by atoms with van der Waals surface area (Å²) in [6.07, 6.45) is 5.33. The zero-order valence-corrected chi connectivity index (χ0v) is 8.76. The number of fused-ring (bicyclic) bond motifs is 1. The van der Waals surface area contributed by atoms with E-state index in [2.05, 4.69) is 0 Å². The van der Waals surface area contributed by atoms with E-state index in [0.717, 1.165) is 17.4 Å². The van der Waals surface area contributed by atoms with Crippen LogP contribution >= 0.6 is 0 Å². The van der Waals surface area contributed by atoms with Gasteiger partial charge in [0.25, 0.3) is 0 Å². The van der Waals surface area contributed by atoms with Crippen molar-refractivity contribution < 1.29 is 4.79 Å². The minimum absolute atomic E-state index is 0.406. The average molecular weight is 215 g/mol. The van der Waals surface area contributed by atoms with Crippen LogP contribution in [0.2, 0.25) is 0 Å². The van der Waals surface area contributed by atoms with Gasteiger partial charge in [-0.25, -0.2) is 0 Å². The van der Waals surface area contributed by atoms with Gasteiger partial charge in [0.05, 0.1) is 0 Å². The normalized spacial score (nSPS) is 11.2. The van der Waals surface area contributed by atoms with Crippen molar-refractivity contribution in [2.75, 3.05) is 0 Å². The molecule has 1 heterocycles. The van der Waals surface area contributed by atoms with E-state index >= 15 is 0 Å². The molecular formula is C12H13N3O. The van der Waals surface area contributed by atoms with E-state index in [1.165, 1.54) is 6.20 Å². The number of benzene rings is 1. The third kappa shape index (κ3) is 1.77. The van der Waals surface area contributed by atoms with Crippen molar-refractivity contribution in [2.24, 2.45) is 11.5 Å². The molecule has 0 fully saturated rings. The quantitative estimate of drug-likeness (QED) is 0.807. The summed E-state index contributed by atoms with van der Waals surface area (Å²) in [5.74, 6) is -0.406. The van der Waals surface area contributed by atoms with Crippen molar-refractivity contribution >= 4 is 16.8 Å². The Kier molecular flexibility index (Phi) is 2.64. The largest absolute Gasteiger partial charge is 0.405 e. The van der Waals surface area contributed by atoms with Gasteiger partial charge in [0.2, 0.25) is 5.91 Å². The molecule has 1 aromatic carbocycles. The lowest BCUT2D eigenvalue weighted by molar-refractivity contribution is 0.100. The fourth-order valence-electron chi connectivity index (χ4n) is 1.69. The Bertz CT molecular complexity index is 554. The van der Waals surface area contributed by atoms with Gasteiger partial charge in [0, 0.05) is 29.2 Å². The van der Waals surface area contributed by atoms with Gasteiger partial charge < -0.3 is 16.0 Å². The van der Waals surface area contributed by atoms with Gasteiger partial charge in [0.15, 0.2) is 0 Å². The molecule has 0 aliphatic carbocycles. The van der Waals surface area contributed by atoms with Gasteiger partial charge in [-0.15, -0.1) is 0 Å². The number of allylic oxidation sites excluding steroid dienone is 1. The van der Waals surface area contributed by atoms with E-state index in [0.29, 0.717) is 5.56 Å². The van der Waals surface area contributed by atoms with Crippen LogP contribution in [-0.2, 0) is 6.54 Å². The Morgan fingerprint density at radius 1 is 1.38 bits per heavy atom. The number of hydrogen-bond acceptors (Lipinski definition) is 2. The number of nitrogens with zero attached hydrogens (tertiary/aromatic N) is 1. The molecule has 4 nitrogen and oxygen atoms in total. The monoisotopic (exact) mass is 215 g/mol. The maximum Gasteiger partial charge on any atom is 0.248 e. The number of rotatable bonds is 3. The van der Waals surface area contributed by atoms with Gasteiger partial charge in [-0.3, -0.25) is 4.79 Å². The number of carbonyl (C=O) groups is 1. The predicted octanol–water partition coefficient (Wildman–Crippen LogP) is 1.21. The highest BCUT2D eigenvalue weighted by atomic mass is 16.1. The SMILES string of the molecule is NC=CCn1ccc2cc(C(N)=O)ccc21. The molecule has 16 heavy (non-hydrogen) atoms. The Balaban J connectivity index is 2.46. The molecule has 2 aromatic rings. The predicted molar refractivity (Wildman–Crippen MR) is 63.8 cm³/mol. The second kappa shape index (κ2) is 4.10. The van der Waals surface area contributed by atoms with Crippen molar-refractivity contribution in [1.29, 1.82) is 0 Å². The lowest BCUT2D eigenvalue weighted by Crippen LogP contribution is -2.10. The van der Waals surface area contributed by atoms with Crippen LogP contribution in [0.25, 0.3) is 10.9 Å². The average Bonchev–Trinajstić information content (AvgIpc) is 2.68. The lowest BCUT2D eigenvalue weighted by atomic mass is 10.1. The fraction of sp³-hybridized carbons (Fsp3) is 0.0833. The standard InChI is InChI=1S/C12H13N3O/c13-5-1-6-15-7-4-9-8-10(12(14)16)2-3-11(9)15/h1-5,7-8H,6,13H2,(H2,14,16). The van der Waals surface area contributed by atoms with E-state index in [1.54, 1.807) is 12.1 Å². The van der Waals surface area contributed by atoms with Gasteiger partial charge in [0.1, 0.15) is 0 Å². The number of primary amides is 1. The number of amides is 1. The highest BCUT2D eigenvalue weighted by Crippen LogP contribution is 2.17. The molecule has 1 amide bonds. The summed E-state index contributed by atoms with van der Waals surface area (Å²) in [6.45, 7) is 0.718. The molecule has 2 rings (SSSR count). The Morgan fingerprint density at radius 3 is 2.88 bits per heavy atom. The molecule has 0 unspecified atom stereocenters. The van der Waals surface area contributed by atoms with Crippen molar-refractivity contribution in [2.45, 2.75) is 6.54 Å². The Hall–Kier alpha value is -2.23. The first-order chi connectivity index (χ1) is 7.72. The molecule has 4 N–H and O–H groups in total. The van der Waals surface area contributed by atoms with Crippen LogP contribution in [-0.4, -0.2) is 10.5 Å². The van der Waals surface area contributed by atoms with Crippen LogP contribution in [0.5, 0.6) is 0 Å². The van der Waals surface area contributed by atoms with Gasteiger partial charge >= 0.3 is 0 Å². The summed E-state index contributed by atoms with van der Waals surface area (Å²) in [6, 6.07) is 7.36. The van der Waals surface area contributed by atoms with Crippen molar-refractivity contribution in [3.63, 3.8) is 0 Å². The molecule has 0 saturated heterocycles. The van der Waals surface area contributed by atoms with Crippen molar-refractivity contribution in [3.8, 4) is 0 Å². The van der Waals surface area contributed by atoms with Crippen LogP contribution < -0.4 is 11.5 Å². The smallest absolute Gasteiger partial charge is 0.248 e. The van der Waals surface area contributed by atoms with Crippen molar-refractivity contribution in [3.05, 3.63) is 48.3 Å². The van der Waals surface area contributed by atoms with Crippen LogP contribution in [0.1, 0.15) is 10.4 Å². The molecule has 4 heteroatoms. The molecule has 0 atom stereocenters. The number of aromatic nitrogens is 1. The molecular weight excluding hydrogens is 202 g/mol. The summed E-state index contributed by atoms with van der Waals surface area (Å²) >= 11 is 0. The molecule has 0 saturated carbocycles. The molecule has 82 valence electrons. The highest BCUT2D eigenvalue weighted by molar-refractivity contribution is 5.97. The Morgan fingerprint density at radius 2 is 2.19 bits per heavy atom. The van der Waals surface area contributed by atoms with Gasteiger partial charge in [-0.2, -0.15) is 0 Å². The number of hydrogen-bond donors (Lipinski definition) is 2. The van der Waals surface area contributed by atoms with Crippen LogP contribution in [0.15, 0.2) is 42.7 Å². The zero-order valence-electron chi connectivity index (χ0n) is 8.76. The third-order valence-corrected chi connectivity index (χ3v) is 2.49. The fourth-order valence-corrected chi connectivity index (χ4v) is 1.69. The summed E-state index contributed by atoms with van der Waals surface area (Å²) < 4.78 is 2.05. The molecule has 0 spiro atoms. The zero-order chi connectivity index (χ0) is 11.5. The van der Waals surface area contributed by atoms with E-state index in [4.69, 9.17) is 11.5 Å². The lowest BCUT2D eigenvalue weighted by Gasteiger charge is -2.01. The molecule has 1 aromatic heterocycles. The first-order valence-electron chi connectivity index (χ1n) is 4.98. The van der Waals surface area contributed by atoms with Crippen molar-refractivity contribution in [1.82, 2.24) is 4.57 Å². The highest BCUT2D eigenvalue weighted by Gasteiger charge is 2.04. The van der Waals surface area contributed by atoms with E-state index < -0.39 is 5.91 Å². The molecule has 0 bridgehead atoms. The summed E-state index contributed by atoms with van der Waals surface area (Å²) in [5.41, 5.74) is 12.1. The molecule has 0 radical (unpaired) electrons. The van der Waals surface area contributed by atoms with E-state index in [9.17, 15) is 4.79 Å². The van der Waals surface area contributed by atoms with Crippen LogP contribution in [0.4, 0.5) is 0 Å². The second-order valence-electron chi connectivity index (χ2n) is 3.53. The Labute approximate surface area is 93.1 Å². The molecule has 0 aliphatic rings. The van der Waals surface area contributed by atoms with Gasteiger partial charge in [-0.05, 0) is 36.5 Å². The first kappa shape index (κ1) is 10.3. The summed E-state index contributed by atoms with van der Waals surface area (Å²) in [7, 11) is 0. The van der Waals surface area contributed by atoms with Gasteiger partial charge in [-0.1, -0.05) is 0 Å². The maximum absolute atomic E-state index is 11.0. The number of nitrogens with two attached hydrogens (primary N) is 2. The second-order valence-corrected chi connectivity index (χ2v) is 3.53. The van der Waals surface area contributed by atoms with E-state index in [-0.39, 0.29) is 0 Å². The van der Waals surface area contributed by atoms with E-state index in [1.807, 2.05) is 29.0 Å². The first-order valence-corrected chi connectivity index (χ1v) is 4.98. The van der Waals surface area contributed by atoms with Crippen LogP contribution in [0.3, 0.4) is 0 Å². The summed E-state index contributed by atoms with van der Waals surface area (Å²) in [5, 5.41) is 1.00.